The zero-order valence-electron chi connectivity index (χ0n) is 11.6. The predicted molar refractivity (Wildman–Crippen MR) is 83.7 cm³/mol. The molecule has 1 aliphatic rings. The molecular weight excluding hydrogens is 280 g/mol. The number of aryl methyl sites for hydroxylation is 2. The molecule has 0 spiro atoms. The third kappa shape index (κ3) is 4.48. The highest BCUT2D eigenvalue weighted by atomic mass is 35.5. The summed E-state index contributed by atoms with van der Waals surface area (Å²) < 4.78 is 0. The van der Waals surface area contributed by atoms with E-state index in [1.54, 1.807) is 11.3 Å². The van der Waals surface area contributed by atoms with Gasteiger partial charge < -0.3 is 10.6 Å². The number of rotatable bonds is 4. The third-order valence-corrected chi connectivity index (χ3v) is 4.77. The lowest BCUT2D eigenvalue weighted by atomic mass is 10.1. The van der Waals surface area contributed by atoms with Crippen LogP contribution in [0.4, 0.5) is 0 Å². The lowest BCUT2D eigenvalue weighted by Gasteiger charge is -2.10. The van der Waals surface area contributed by atoms with Gasteiger partial charge in [-0.1, -0.05) is 6.42 Å². The van der Waals surface area contributed by atoms with Crippen LogP contribution in [0.25, 0.3) is 0 Å². The first kappa shape index (κ1) is 16.5. The van der Waals surface area contributed by atoms with Gasteiger partial charge in [-0.2, -0.15) is 0 Å². The van der Waals surface area contributed by atoms with Crippen molar-refractivity contribution in [1.29, 1.82) is 0 Å². The number of carbonyl (C=O) groups excluding carboxylic acids is 1. The SMILES string of the molecule is CNC(C)CNC(=O)c1cc2c(s1)CCCCC2.Cl. The number of nitrogens with one attached hydrogen (secondary N) is 2. The Bertz CT molecular complexity index is 396. The van der Waals surface area contributed by atoms with Crippen molar-refractivity contribution < 1.29 is 4.79 Å². The summed E-state index contributed by atoms with van der Waals surface area (Å²) in [6, 6.07) is 2.41. The number of fused-ring (bicyclic) bond motifs is 1. The molecule has 0 aliphatic heterocycles. The second-order valence-electron chi connectivity index (χ2n) is 5.02. The Morgan fingerprint density at radius 2 is 2.11 bits per heavy atom. The van der Waals surface area contributed by atoms with E-state index in [2.05, 4.69) is 23.6 Å². The third-order valence-electron chi connectivity index (χ3n) is 3.53. The van der Waals surface area contributed by atoms with Crippen LogP contribution in [0.15, 0.2) is 6.07 Å². The molecule has 0 radical (unpaired) electrons. The number of thiophene rings is 1. The molecule has 0 saturated carbocycles. The maximum Gasteiger partial charge on any atom is 0.261 e. The van der Waals surface area contributed by atoms with E-state index in [4.69, 9.17) is 0 Å². The van der Waals surface area contributed by atoms with E-state index in [1.807, 2.05) is 7.05 Å². The molecule has 1 aromatic heterocycles. The van der Waals surface area contributed by atoms with Gasteiger partial charge >= 0.3 is 0 Å². The maximum absolute atomic E-state index is 12.0. The molecule has 5 heteroatoms. The van der Waals surface area contributed by atoms with Crippen LogP contribution >= 0.6 is 23.7 Å². The Labute approximate surface area is 125 Å². The second-order valence-corrected chi connectivity index (χ2v) is 6.16. The summed E-state index contributed by atoms with van der Waals surface area (Å²) in [7, 11) is 1.91. The van der Waals surface area contributed by atoms with Crippen molar-refractivity contribution in [3.63, 3.8) is 0 Å². The maximum atomic E-state index is 12.0. The molecule has 19 heavy (non-hydrogen) atoms. The normalized spacial score (nSPS) is 15.9. The summed E-state index contributed by atoms with van der Waals surface area (Å²) in [5.41, 5.74) is 1.41. The van der Waals surface area contributed by atoms with Gasteiger partial charge in [0.05, 0.1) is 4.88 Å². The first-order valence-corrected chi connectivity index (χ1v) is 7.59. The number of hydrogen-bond donors (Lipinski definition) is 2. The summed E-state index contributed by atoms with van der Waals surface area (Å²) in [5.74, 6) is 0.0789. The molecule has 1 atom stereocenters. The van der Waals surface area contributed by atoms with Crippen molar-refractivity contribution in [3.05, 3.63) is 21.4 Å². The zero-order valence-corrected chi connectivity index (χ0v) is 13.3. The van der Waals surface area contributed by atoms with E-state index < -0.39 is 0 Å². The summed E-state index contributed by atoms with van der Waals surface area (Å²) in [6.07, 6.45) is 6.15. The first-order valence-electron chi connectivity index (χ1n) is 6.77. The molecule has 108 valence electrons. The second kappa shape index (κ2) is 7.88. The summed E-state index contributed by atoms with van der Waals surface area (Å²) in [5, 5.41) is 6.10. The quantitative estimate of drug-likeness (QED) is 0.840. The number of amides is 1. The number of carbonyl (C=O) groups is 1. The average Bonchev–Trinajstić information content (AvgIpc) is 2.67. The Morgan fingerprint density at radius 3 is 2.84 bits per heavy atom. The van der Waals surface area contributed by atoms with Crippen molar-refractivity contribution >= 4 is 29.7 Å². The van der Waals surface area contributed by atoms with Gasteiger partial charge in [0, 0.05) is 17.5 Å². The van der Waals surface area contributed by atoms with E-state index in [0.29, 0.717) is 12.6 Å². The van der Waals surface area contributed by atoms with Crippen LogP contribution in [-0.4, -0.2) is 25.5 Å². The zero-order chi connectivity index (χ0) is 13.0. The van der Waals surface area contributed by atoms with Crippen molar-refractivity contribution in [3.8, 4) is 0 Å². The van der Waals surface area contributed by atoms with Crippen LogP contribution in [0.3, 0.4) is 0 Å². The number of halogens is 1. The van der Waals surface area contributed by atoms with E-state index in [0.717, 1.165) is 17.7 Å². The largest absolute Gasteiger partial charge is 0.350 e. The van der Waals surface area contributed by atoms with Crippen LogP contribution in [0.1, 0.15) is 46.3 Å². The van der Waals surface area contributed by atoms with Gasteiger partial charge in [-0.15, -0.1) is 23.7 Å². The van der Waals surface area contributed by atoms with Gasteiger partial charge in [-0.05, 0) is 51.3 Å². The van der Waals surface area contributed by atoms with E-state index in [-0.39, 0.29) is 18.3 Å². The molecule has 1 aliphatic carbocycles. The van der Waals surface area contributed by atoms with E-state index >= 15 is 0 Å². The molecule has 0 bridgehead atoms. The van der Waals surface area contributed by atoms with E-state index in [9.17, 15) is 4.79 Å². The van der Waals surface area contributed by atoms with Gasteiger partial charge in [-0.3, -0.25) is 4.79 Å². The number of hydrogen-bond acceptors (Lipinski definition) is 3. The molecule has 0 saturated heterocycles. The lowest BCUT2D eigenvalue weighted by molar-refractivity contribution is 0.0954. The molecule has 1 amide bonds. The topological polar surface area (TPSA) is 41.1 Å². The Kier molecular flexibility index (Phi) is 6.83. The molecule has 2 N–H and O–H groups in total. The van der Waals surface area contributed by atoms with Gasteiger partial charge in [0.2, 0.25) is 0 Å². The molecule has 1 aromatic rings. The molecule has 2 rings (SSSR count). The predicted octanol–water partition coefficient (Wildman–Crippen LogP) is 2.78. The lowest BCUT2D eigenvalue weighted by Crippen LogP contribution is -2.36. The van der Waals surface area contributed by atoms with Crippen molar-refractivity contribution in [2.45, 2.75) is 45.1 Å². The Morgan fingerprint density at radius 1 is 1.37 bits per heavy atom. The highest BCUT2D eigenvalue weighted by Crippen LogP contribution is 2.28. The molecule has 0 aromatic carbocycles. The molecule has 3 nitrogen and oxygen atoms in total. The molecule has 1 heterocycles. The van der Waals surface area contributed by atoms with Gasteiger partial charge in [0.1, 0.15) is 0 Å². The highest BCUT2D eigenvalue weighted by Gasteiger charge is 2.16. The van der Waals surface area contributed by atoms with Crippen molar-refractivity contribution in [1.82, 2.24) is 10.6 Å². The van der Waals surface area contributed by atoms with E-state index in [1.165, 1.54) is 29.7 Å². The minimum atomic E-state index is 0. The van der Waals surface area contributed by atoms with Crippen LogP contribution in [0.5, 0.6) is 0 Å². The molecule has 0 fully saturated rings. The summed E-state index contributed by atoms with van der Waals surface area (Å²) >= 11 is 1.68. The molecule has 1 unspecified atom stereocenters. The van der Waals surface area contributed by atoms with Gasteiger partial charge in [0.25, 0.3) is 5.91 Å². The van der Waals surface area contributed by atoms with Crippen LogP contribution in [0.2, 0.25) is 0 Å². The minimum absolute atomic E-state index is 0. The average molecular weight is 303 g/mol. The van der Waals surface area contributed by atoms with Gasteiger partial charge in [-0.25, -0.2) is 0 Å². The Hall–Kier alpha value is -0.580. The standard InChI is InChI=1S/C14H22N2OS.ClH/c1-10(15-2)9-16-14(17)13-8-11-6-4-3-5-7-12(11)18-13;/h8,10,15H,3-7,9H2,1-2H3,(H,16,17);1H. The summed E-state index contributed by atoms with van der Waals surface area (Å²) in [6.45, 7) is 2.74. The van der Waals surface area contributed by atoms with Crippen LogP contribution in [-0.2, 0) is 12.8 Å². The van der Waals surface area contributed by atoms with Crippen LogP contribution < -0.4 is 10.6 Å². The van der Waals surface area contributed by atoms with Crippen LogP contribution in [0, 0.1) is 0 Å². The number of likely N-dealkylation sites (N-methyl/N-ethyl adjacent to an activating group) is 1. The summed E-state index contributed by atoms with van der Waals surface area (Å²) in [4.78, 5) is 14.4. The fourth-order valence-electron chi connectivity index (χ4n) is 2.21. The highest BCUT2D eigenvalue weighted by molar-refractivity contribution is 7.14. The monoisotopic (exact) mass is 302 g/mol. The minimum Gasteiger partial charge on any atom is -0.350 e. The smallest absolute Gasteiger partial charge is 0.261 e. The van der Waals surface area contributed by atoms with Gasteiger partial charge in [0.15, 0.2) is 0 Å². The fraction of sp³-hybridized carbons (Fsp3) is 0.643. The molecular formula is C14H23ClN2OS. The fourth-order valence-corrected chi connectivity index (χ4v) is 3.38. The Balaban J connectivity index is 0.00000180. The first-order chi connectivity index (χ1) is 8.70. The van der Waals surface area contributed by atoms with Crippen molar-refractivity contribution in [2.75, 3.05) is 13.6 Å². The van der Waals surface area contributed by atoms with Crippen molar-refractivity contribution in [2.24, 2.45) is 0 Å².